The van der Waals surface area contributed by atoms with Crippen molar-refractivity contribution >= 4 is 0 Å². The van der Waals surface area contributed by atoms with E-state index in [4.69, 9.17) is 1.37 Å². The summed E-state index contributed by atoms with van der Waals surface area (Å²) in [4.78, 5) is 0. The maximum absolute atomic E-state index is 7.52. The van der Waals surface area contributed by atoms with Crippen LogP contribution in [0.4, 0.5) is 0 Å². The first-order valence-electron chi connectivity index (χ1n) is 4.64. The van der Waals surface area contributed by atoms with Crippen molar-refractivity contribution in [2.75, 3.05) is 0 Å². The first kappa shape index (κ1) is 7.11. The molecule has 0 nitrogen and oxygen atoms in total. The minimum absolute atomic E-state index is 0.0971. The summed E-state index contributed by atoms with van der Waals surface area (Å²) in [6, 6.07) is 0. The van der Waals surface area contributed by atoms with Gasteiger partial charge in [-0.2, -0.15) is 0 Å². The number of hydrogen-bond acceptors (Lipinski definition) is 0. The fourth-order valence-corrected chi connectivity index (χ4v) is 0.724. The lowest BCUT2D eigenvalue weighted by atomic mass is 10.1. The van der Waals surface area contributed by atoms with Crippen molar-refractivity contribution in [2.45, 2.75) is 52.3 Å². The molecule has 0 saturated carbocycles. The van der Waals surface area contributed by atoms with Gasteiger partial charge in [0.25, 0.3) is 0 Å². The standard InChI is InChI=1S/C9H19/c1-3-5-7-9-8-6-4-2/h7H,3-6,8-9H2,1-2H3/i9T. The molecule has 0 fully saturated rings. The Balaban J connectivity index is 3.00. The van der Waals surface area contributed by atoms with Crippen LogP contribution in [0.1, 0.15) is 53.7 Å². The van der Waals surface area contributed by atoms with Crippen LogP contribution in [0.2, 0.25) is 0 Å². The van der Waals surface area contributed by atoms with E-state index in [0.29, 0.717) is 0 Å². The molecule has 0 saturated heterocycles. The number of hydrogen-bond donors (Lipinski definition) is 0. The van der Waals surface area contributed by atoms with E-state index in [1.165, 1.54) is 19.3 Å². The highest BCUT2D eigenvalue weighted by Crippen LogP contribution is 2.04. The lowest BCUT2D eigenvalue weighted by Crippen LogP contribution is -1.77. The average molecular weight is 129 g/mol. The van der Waals surface area contributed by atoms with Gasteiger partial charge in [-0.1, -0.05) is 52.3 Å². The molecule has 0 aliphatic carbocycles. The van der Waals surface area contributed by atoms with Gasteiger partial charge in [0.2, 0.25) is 0 Å². The zero-order valence-corrected chi connectivity index (χ0v) is 6.69. The van der Waals surface area contributed by atoms with Gasteiger partial charge in [-0.25, -0.2) is 0 Å². The van der Waals surface area contributed by atoms with Crippen molar-refractivity contribution in [1.82, 2.24) is 0 Å². The molecule has 0 N–H and O–H groups in total. The number of unbranched alkanes of at least 4 members (excludes halogenated alkanes) is 2. The molecule has 0 aromatic rings. The van der Waals surface area contributed by atoms with Gasteiger partial charge in [0.15, 0.2) is 0 Å². The Morgan fingerprint density at radius 1 is 1.22 bits per heavy atom. The first-order valence-corrected chi connectivity index (χ1v) is 4.06. The molecular weight excluding hydrogens is 108 g/mol. The quantitative estimate of drug-likeness (QED) is 0.514. The van der Waals surface area contributed by atoms with Gasteiger partial charge in [-0.3, -0.25) is 0 Å². The summed E-state index contributed by atoms with van der Waals surface area (Å²) >= 11 is 0. The molecule has 1 unspecified atom stereocenters. The molecule has 9 heavy (non-hydrogen) atoms. The maximum atomic E-state index is 7.52. The first-order chi connectivity index (χ1) is 4.81. The molecular formula is C9H19. The van der Waals surface area contributed by atoms with E-state index >= 15 is 0 Å². The predicted octanol–water partition coefficient (Wildman–Crippen LogP) is 3.57. The second-order valence-electron chi connectivity index (χ2n) is 2.40. The van der Waals surface area contributed by atoms with Crippen LogP contribution in [0.15, 0.2) is 0 Å². The van der Waals surface area contributed by atoms with E-state index in [-0.39, 0.29) is 6.40 Å². The Morgan fingerprint density at radius 3 is 2.56 bits per heavy atom. The van der Waals surface area contributed by atoms with Crippen LogP contribution in [0.3, 0.4) is 0 Å². The lowest BCUT2D eigenvalue weighted by Gasteiger charge is -1.95. The van der Waals surface area contributed by atoms with E-state index in [0.717, 1.165) is 12.8 Å². The second-order valence-corrected chi connectivity index (χ2v) is 2.40. The van der Waals surface area contributed by atoms with Crippen LogP contribution in [0.25, 0.3) is 0 Å². The molecule has 0 heterocycles. The van der Waals surface area contributed by atoms with Gasteiger partial charge in [0.05, 0.1) is 0 Å². The summed E-state index contributed by atoms with van der Waals surface area (Å²) in [6.45, 7) is 4.33. The van der Waals surface area contributed by atoms with Crippen LogP contribution < -0.4 is 0 Å². The molecule has 1 radical (unpaired) electrons. The molecule has 1 atom stereocenters. The zero-order chi connectivity index (χ0) is 7.82. The average Bonchev–Trinajstić information content (AvgIpc) is 1.97. The van der Waals surface area contributed by atoms with Crippen molar-refractivity contribution in [2.24, 2.45) is 0 Å². The van der Waals surface area contributed by atoms with E-state index in [1.807, 2.05) is 0 Å². The van der Waals surface area contributed by atoms with E-state index < -0.39 is 0 Å². The summed E-state index contributed by atoms with van der Waals surface area (Å²) in [5.41, 5.74) is 0. The Bertz CT molecular complexity index is 53.7. The maximum Gasteiger partial charge on any atom is 0.0269 e. The minimum atomic E-state index is 0.0971. The van der Waals surface area contributed by atoms with Gasteiger partial charge in [-0.15, -0.1) is 0 Å². The van der Waals surface area contributed by atoms with Crippen LogP contribution >= 0.6 is 0 Å². The van der Waals surface area contributed by atoms with Crippen molar-refractivity contribution < 1.29 is 1.37 Å². The summed E-state index contributed by atoms with van der Waals surface area (Å²) < 4.78 is 7.52. The molecule has 0 aliphatic heterocycles. The fraction of sp³-hybridized carbons (Fsp3) is 0.889. The van der Waals surface area contributed by atoms with Gasteiger partial charge < -0.3 is 0 Å². The van der Waals surface area contributed by atoms with Gasteiger partial charge in [0, 0.05) is 1.37 Å². The highest BCUT2D eigenvalue weighted by Gasteiger charge is 1.86. The normalized spacial score (nSPS) is 12.1. The molecule has 0 amide bonds. The molecule has 0 aromatic carbocycles. The predicted molar refractivity (Wildman–Crippen MR) is 43.4 cm³/mol. The molecule has 55 valence electrons. The van der Waals surface area contributed by atoms with E-state index in [1.54, 1.807) is 0 Å². The van der Waals surface area contributed by atoms with E-state index in [9.17, 15) is 0 Å². The molecule has 0 bridgehead atoms. The van der Waals surface area contributed by atoms with Gasteiger partial charge in [-0.05, 0) is 6.42 Å². The third kappa shape index (κ3) is 8.00. The summed E-state index contributed by atoms with van der Waals surface area (Å²) in [5, 5.41) is 0. The Morgan fingerprint density at radius 2 is 2.00 bits per heavy atom. The second kappa shape index (κ2) is 8.00. The summed E-state index contributed by atoms with van der Waals surface area (Å²) in [6.07, 6.45) is 7.98. The monoisotopic (exact) mass is 129 g/mol. The largest absolute Gasteiger partial charge is 0.0654 e. The van der Waals surface area contributed by atoms with Crippen molar-refractivity contribution in [3.63, 3.8) is 0 Å². The lowest BCUT2D eigenvalue weighted by molar-refractivity contribution is 0.687. The smallest absolute Gasteiger partial charge is 0.0269 e. The van der Waals surface area contributed by atoms with Crippen LogP contribution in [-0.2, 0) is 0 Å². The topological polar surface area (TPSA) is 0 Å². The Hall–Kier alpha value is 0. The van der Waals surface area contributed by atoms with E-state index in [2.05, 4.69) is 20.3 Å². The van der Waals surface area contributed by atoms with Gasteiger partial charge >= 0.3 is 0 Å². The molecule has 0 heteroatoms. The van der Waals surface area contributed by atoms with Crippen molar-refractivity contribution in [3.05, 3.63) is 6.42 Å². The summed E-state index contributed by atoms with van der Waals surface area (Å²) in [5.74, 6) is 0. The zero-order valence-electron chi connectivity index (χ0n) is 7.69. The fourth-order valence-electron chi connectivity index (χ4n) is 0.724. The summed E-state index contributed by atoms with van der Waals surface area (Å²) in [7, 11) is 0. The Kier molecular flexibility index (Phi) is 6.32. The third-order valence-corrected chi connectivity index (χ3v) is 1.35. The van der Waals surface area contributed by atoms with Crippen molar-refractivity contribution in [1.29, 1.82) is 0 Å². The van der Waals surface area contributed by atoms with Crippen molar-refractivity contribution in [3.8, 4) is 0 Å². The minimum Gasteiger partial charge on any atom is -0.0654 e. The highest BCUT2D eigenvalue weighted by molar-refractivity contribution is 4.62. The molecule has 0 spiro atoms. The van der Waals surface area contributed by atoms with Crippen LogP contribution in [0.5, 0.6) is 0 Å². The van der Waals surface area contributed by atoms with Crippen LogP contribution in [-0.4, -0.2) is 0 Å². The number of rotatable bonds is 6. The van der Waals surface area contributed by atoms with Gasteiger partial charge in [0.1, 0.15) is 0 Å². The molecule has 0 aromatic heterocycles. The Labute approximate surface area is 61.1 Å². The SMILES string of the molecule is [3H]C([CH]CCC)CCCC. The highest BCUT2D eigenvalue weighted by atomic mass is 13.9. The van der Waals surface area contributed by atoms with Crippen LogP contribution in [0, 0.1) is 6.42 Å². The third-order valence-electron chi connectivity index (χ3n) is 1.35. The molecule has 0 rings (SSSR count). The molecule has 0 aliphatic rings.